The average Bonchev–Trinajstić information content (AvgIpc) is 2.74. The molecule has 0 bridgehead atoms. The summed E-state index contributed by atoms with van der Waals surface area (Å²) in [6, 6.07) is 2.18. The van der Waals surface area contributed by atoms with Crippen molar-refractivity contribution in [1.29, 1.82) is 0 Å². The van der Waals surface area contributed by atoms with Crippen molar-refractivity contribution < 1.29 is 4.79 Å². The fourth-order valence-corrected chi connectivity index (χ4v) is 3.76. The predicted octanol–water partition coefficient (Wildman–Crippen LogP) is 3.68. The summed E-state index contributed by atoms with van der Waals surface area (Å²) in [4.78, 5) is 15.0. The minimum Gasteiger partial charge on any atom is -0.337 e. The molecule has 94 valence electrons. The zero-order valence-electron chi connectivity index (χ0n) is 10.3. The monoisotopic (exact) mass is 271 g/mol. The van der Waals surface area contributed by atoms with Crippen LogP contribution in [0.15, 0.2) is 11.4 Å². The molecule has 1 heterocycles. The highest BCUT2D eigenvalue weighted by molar-refractivity contribution is 7.12. The molecule has 4 heteroatoms. The van der Waals surface area contributed by atoms with E-state index in [4.69, 9.17) is 11.6 Å². The maximum Gasteiger partial charge on any atom is 0.264 e. The van der Waals surface area contributed by atoms with E-state index in [-0.39, 0.29) is 17.3 Å². The minimum atomic E-state index is 0.109. The molecular formula is C13H18ClNOS. The Morgan fingerprint density at radius 2 is 2.18 bits per heavy atom. The number of amides is 1. The van der Waals surface area contributed by atoms with Crippen molar-refractivity contribution in [3.05, 3.63) is 21.9 Å². The first-order valence-electron chi connectivity index (χ1n) is 6.06. The molecule has 2 unspecified atom stereocenters. The lowest BCUT2D eigenvalue weighted by molar-refractivity contribution is 0.0704. The van der Waals surface area contributed by atoms with Crippen LogP contribution in [0.25, 0.3) is 0 Å². The Morgan fingerprint density at radius 3 is 2.76 bits per heavy atom. The van der Waals surface area contributed by atoms with Crippen LogP contribution in [-0.2, 0) is 0 Å². The molecule has 0 radical (unpaired) electrons. The Labute approximate surface area is 112 Å². The van der Waals surface area contributed by atoms with E-state index in [0.29, 0.717) is 0 Å². The predicted molar refractivity (Wildman–Crippen MR) is 73.0 cm³/mol. The zero-order valence-corrected chi connectivity index (χ0v) is 11.9. The SMILES string of the molecule is Cc1ccsc1C(=O)N(C)C1CCCCC1Cl. The molecule has 0 saturated heterocycles. The molecule has 1 aliphatic carbocycles. The number of hydrogen-bond donors (Lipinski definition) is 0. The van der Waals surface area contributed by atoms with Crippen LogP contribution in [0.5, 0.6) is 0 Å². The van der Waals surface area contributed by atoms with Gasteiger partial charge < -0.3 is 4.90 Å². The fourth-order valence-electron chi connectivity index (χ4n) is 2.40. The Morgan fingerprint density at radius 1 is 1.47 bits per heavy atom. The third kappa shape index (κ3) is 2.66. The van der Waals surface area contributed by atoms with Crippen molar-refractivity contribution in [3.8, 4) is 0 Å². The van der Waals surface area contributed by atoms with Crippen molar-refractivity contribution >= 4 is 28.8 Å². The summed E-state index contributed by atoms with van der Waals surface area (Å²) in [5.41, 5.74) is 1.06. The highest BCUT2D eigenvalue weighted by Crippen LogP contribution is 2.28. The van der Waals surface area contributed by atoms with Gasteiger partial charge in [0.1, 0.15) is 0 Å². The fraction of sp³-hybridized carbons (Fsp3) is 0.615. The van der Waals surface area contributed by atoms with E-state index in [9.17, 15) is 4.79 Å². The summed E-state index contributed by atoms with van der Waals surface area (Å²) in [5.74, 6) is 0.120. The Balaban J connectivity index is 2.11. The van der Waals surface area contributed by atoms with Gasteiger partial charge >= 0.3 is 0 Å². The lowest BCUT2D eigenvalue weighted by Crippen LogP contribution is -2.44. The Bertz CT molecular complexity index is 404. The summed E-state index contributed by atoms with van der Waals surface area (Å²) >= 11 is 7.85. The Hall–Kier alpha value is -0.540. The third-order valence-corrected chi connectivity index (χ3v) is 5.03. The quantitative estimate of drug-likeness (QED) is 0.752. The number of thiophene rings is 1. The van der Waals surface area contributed by atoms with Gasteiger partial charge in [0.25, 0.3) is 5.91 Å². The zero-order chi connectivity index (χ0) is 12.4. The lowest BCUT2D eigenvalue weighted by Gasteiger charge is -2.34. The van der Waals surface area contributed by atoms with Crippen molar-refractivity contribution in [3.63, 3.8) is 0 Å². The third-order valence-electron chi connectivity index (χ3n) is 3.52. The maximum absolute atomic E-state index is 12.3. The van der Waals surface area contributed by atoms with Crippen LogP contribution in [0, 0.1) is 6.92 Å². The summed E-state index contributed by atoms with van der Waals surface area (Å²) in [6.45, 7) is 1.98. The number of alkyl halides is 1. The molecule has 1 saturated carbocycles. The molecule has 0 N–H and O–H groups in total. The molecule has 2 nitrogen and oxygen atoms in total. The number of rotatable bonds is 2. The molecule has 1 fully saturated rings. The summed E-state index contributed by atoms with van der Waals surface area (Å²) in [7, 11) is 1.88. The normalized spacial score (nSPS) is 24.6. The van der Waals surface area contributed by atoms with Gasteiger partial charge in [-0.2, -0.15) is 0 Å². The van der Waals surface area contributed by atoms with E-state index in [1.165, 1.54) is 24.2 Å². The van der Waals surface area contributed by atoms with Crippen LogP contribution in [0.2, 0.25) is 0 Å². The largest absolute Gasteiger partial charge is 0.337 e. The van der Waals surface area contributed by atoms with Gasteiger partial charge in [-0.1, -0.05) is 12.8 Å². The molecule has 0 spiro atoms. The summed E-state index contributed by atoms with van der Waals surface area (Å²) in [6.07, 6.45) is 4.41. The average molecular weight is 272 g/mol. The van der Waals surface area contributed by atoms with Gasteiger partial charge in [0.2, 0.25) is 0 Å². The maximum atomic E-state index is 12.3. The smallest absolute Gasteiger partial charge is 0.264 e. The van der Waals surface area contributed by atoms with E-state index in [0.717, 1.165) is 23.3 Å². The first-order valence-corrected chi connectivity index (χ1v) is 7.38. The van der Waals surface area contributed by atoms with E-state index >= 15 is 0 Å². The van der Waals surface area contributed by atoms with Crippen LogP contribution in [0.4, 0.5) is 0 Å². The van der Waals surface area contributed by atoms with E-state index in [2.05, 4.69) is 0 Å². The second-order valence-corrected chi connectivity index (χ2v) is 6.19. The molecule has 2 atom stereocenters. The highest BCUT2D eigenvalue weighted by Gasteiger charge is 2.30. The topological polar surface area (TPSA) is 20.3 Å². The molecule has 1 aromatic heterocycles. The minimum absolute atomic E-state index is 0.109. The van der Waals surface area contributed by atoms with Crippen molar-refractivity contribution in [2.24, 2.45) is 0 Å². The van der Waals surface area contributed by atoms with Crippen molar-refractivity contribution in [2.75, 3.05) is 7.05 Å². The standard InChI is InChI=1S/C13H18ClNOS/c1-9-7-8-17-12(9)13(16)15(2)11-6-4-3-5-10(11)14/h7-8,10-11H,3-6H2,1-2H3. The Kier molecular flexibility index (Phi) is 4.10. The van der Waals surface area contributed by atoms with E-state index < -0.39 is 0 Å². The molecule has 1 aromatic rings. The van der Waals surface area contributed by atoms with Gasteiger partial charge in [-0.25, -0.2) is 0 Å². The van der Waals surface area contributed by atoms with Crippen molar-refractivity contribution in [1.82, 2.24) is 4.90 Å². The van der Waals surface area contributed by atoms with Gasteiger partial charge in [0.15, 0.2) is 0 Å². The van der Waals surface area contributed by atoms with Crippen LogP contribution < -0.4 is 0 Å². The van der Waals surface area contributed by atoms with E-state index in [1.807, 2.05) is 30.3 Å². The number of carbonyl (C=O) groups excluding carboxylic acids is 1. The molecule has 2 rings (SSSR count). The number of halogens is 1. The highest BCUT2D eigenvalue weighted by atomic mass is 35.5. The van der Waals surface area contributed by atoms with Gasteiger partial charge in [0.05, 0.1) is 10.3 Å². The van der Waals surface area contributed by atoms with Crippen LogP contribution in [0.1, 0.15) is 40.9 Å². The van der Waals surface area contributed by atoms with Gasteiger partial charge in [-0.3, -0.25) is 4.79 Å². The van der Waals surface area contributed by atoms with E-state index in [1.54, 1.807) is 0 Å². The molecule has 0 aromatic carbocycles. The number of aryl methyl sites for hydroxylation is 1. The lowest BCUT2D eigenvalue weighted by atomic mass is 9.94. The van der Waals surface area contributed by atoms with Crippen LogP contribution in [0.3, 0.4) is 0 Å². The number of nitrogens with zero attached hydrogens (tertiary/aromatic N) is 1. The molecule has 1 aliphatic rings. The molecule has 17 heavy (non-hydrogen) atoms. The molecule has 1 amide bonds. The number of hydrogen-bond acceptors (Lipinski definition) is 2. The van der Waals surface area contributed by atoms with Crippen LogP contribution in [-0.4, -0.2) is 29.3 Å². The first-order chi connectivity index (χ1) is 8.11. The first kappa shape index (κ1) is 12.9. The van der Waals surface area contributed by atoms with Gasteiger partial charge in [-0.15, -0.1) is 22.9 Å². The summed E-state index contributed by atoms with van der Waals surface area (Å²) in [5, 5.41) is 2.08. The van der Waals surface area contributed by atoms with Gasteiger partial charge in [0, 0.05) is 13.1 Å². The summed E-state index contributed by atoms with van der Waals surface area (Å²) < 4.78 is 0. The second-order valence-electron chi connectivity index (χ2n) is 4.72. The molecule has 0 aliphatic heterocycles. The van der Waals surface area contributed by atoms with Crippen molar-refractivity contribution in [2.45, 2.75) is 44.0 Å². The van der Waals surface area contributed by atoms with Gasteiger partial charge in [-0.05, 0) is 36.8 Å². The molecular weight excluding hydrogens is 254 g/mol. The van der Waals surface area contributed by atoms with Crippen LogP contribution >= 0.6 is 22.9 Å². The number of carbonyl (C=O) groups is 1. The second kappa shape index (κ2) is 5.40.